The lowest BCUT2D eigenvalue weighted by Gasteiger charge is -2.11. The number of hydrogen-bond acceptors (Lipinski definition) is 4. The van der Waals surface area contributed by atoms with Gasteiger partial charge in [-0.25, -0.2) is 4.39 Å². The third kappa shape index (κ3) is 3.56. The fourth-order valence-corrected chi connectivity index (χ4v) is 1.87. The van der Waals surface area contributed by atoms with Crippen LogP contribution in [-0.2, 0) is 6.42 Å². The summed E-state index contributed by atoms with van der Waals surface area (Å²) in [7, 11) is 0. The summed E-state index contributed by atoms with van der Waals surface area (Å²) in [5.41, 5.74) is 1.33. The highest BCUT2D eigenvalue weighted by atomic mass is 19.1. The van der Waals surface area contributed by atoms with E-state index >= 15 is 0 Å². The monoisotopic (exact) mass is 277 g/mol. The maximum absolute atomic E-state index is 13.5. The van der Waals surface area contributed by atoms with Crippen LogP contribution in [0.1, 0.15) is 50.0 Å². The lowest BCUT2D eigenvalue weighted by atomic mass is 10.2. The molecule has 4 nitrogen and oxygen atoms in total. The third-order valence-corrected chi connectivity index (χ3v) is 3.16. The van der Waals surface area contributed by atoms with E-state index in [0.717, 1.165) is 25.1 Å². The van der Waals surface area contributed by atoms with Gasteiger partial charge in [0.05, 0.1) is 0 Å². The molecule has 0 saturated carbocycles. The zero-order chi connectivity index (χ0) is 14.5. The summed E-state index contributed by atoms with van der Waals surface area (Å²) >= 11 is 0. The SMILES string of the molecule is CCCCc1noc(C(C)Nc2ccc(C)c(F)c2)n1. The van der Waals surface area contributed by atoms with Crippen LogP contribution in [0.5, 0.6) is 0 Å². The number of anilines is 1. The number of unbranched alkanes of at least 4 members (excludes halogenated alkanes) is 1. The molecule has 0 amide bonds. The molecule has 0 aliphatic heterocycles. The van der Waals surface area contributed by atoms with Crippen molar-refractivity contribution >= 4 is 5.69 Å². The summed E-state index contributed by atoms with van der Waals surface area (Å²) in [5, 5.41) is 7.11. The molecule has 0 radical (unpaired) electrons. The minimum Gasteiger partial charge on any atom is -0.374 e. The molecular weight excluding hydrogens is 257 g/mol. The standard InChI is InChI=1S/C15H20FN3O/c1-4-5-6-14-18-15(20-19-14)11(3)17-12-8-7-10(2)13(16)9-12/h7-9,11,17H,4-6H2,1-3H3. The van der Waals surface area contributed by atoms with Crippen LogP contribution in [-0.4, -0.2) is 10.1 Å². The van der Waals surface area contributed by atoms with E-state index in [4.69, 9.17) is 4.52 Å². The first-order valence-electron chi connectivity index (χ1n) is 6.95. The molecule has 5 heteroatoms. The minimum atomic E-state index is -0.226. The summed E-state index contributed by atoms with van der Waals surface area (Å²) in [6.45, 7) is 5.77. The molecule has 0 aliphatic carbocycles. The number of nitrogens with zero attached hydrogens (tertiary/aromatic N) is 2. The topological polar surface area (TPSA) is 51.0 Å². The summed E-state index contributed by atoms with van der Waals surface area (Å²) in [5.74, 6) is 1.03. The molecule has 1 heterocycles. The number of hydrogen-bond donors (Lipinski definition) is 1. The Labute approximate surface area is 118 Å². The zero-order valence-electron chi connectivity index (χ0n) is 12.1. The van der Waals surface area contributed by atoms with Gasteiger partial charge in [-0.2, -0.15) is 4.98 Å². The van der Waals surface area contributed by atoms with Gasteiger partial charge < -0.3 is 9.84 Å². The summed E-state index contributed by atoms with van der Waals surface area (Å²) in [6, 6.07) is 4.90. The Balaban J connectivity index is 2.01. The van der Waals surface area contributed by atoms with Crippen molar-refractivity contribution in [2.45, 2.75) is 46.1 Å². The molecule has 0 spiro atoms. The number of rotatable bonds is 6. The second kappa shape index (κ2) is 6.50. The molecule has 0 fully saturated rings. The van der Waals surface area contributed by atoms with Crippen LogP contribution in [0.3, 0.4) is 0 Å². The van der Waals surface area contributed by atoms with Gasteiger partial charge in [-0.05, 0) is 38.0 Å². The second-order valence-electron chi connectivity index (χ2n) is 4.98. The Morgan fingerprint density at radius 2 is 2.20 bits per heavy atom. The number of aromatic nitrogens is 2. The largest absolute Gasteiger partial charge is 0.374 e. The molecule has 0 saturated heterocycles. The Hall–Kier alpha value is -1.91. The van der Waals surface area contributed by atoms with Gasteiger partial charge >= 0.3 is 0 Å². The van der Waals surface area contributed by atoms with Crippen LogP contribution in [0.2, 0.25) is 0 Å². The zero-order valence-corrected chi connectivity index (χ0v) is 12.1. The van der Waals surface area contributed by atoms with Crippen LogP contribution < -0.4 is 5.32 Å². The fraction of sp³-hybridized carbons (Fsp3) is 0.467. The van der Waals surface area contributed by atoms with Gasteiger partial charge in [0.1, 0.15) is 11.9 Å². The van der Waals surface area contributed by atoms with Gasteiger partial charge in [-0.15, -0.1) is 0 Å². The number of aryl methyl sites for hydroxylation is 2. The van der Waals surface area contributed by atoms with E-state index in [2.05, 4.69) is 22.4 Å². The molecule has 1 aromatic heterocycles. The molecule has 1 aromatic carbocycles. The van der Waals surface area contributed by atoms with Crippen molar-refractivity contribution in [3.63, 3.8) is 0 Å². The van der Waals surface area contributed by atoms with Crippen LogP contribution in [0, 0.1) is 12.7 Å². The Bertz CT molecular complexity index is 568. The Kier molecular flexibility index (Phi) is 4.71. The van der Waals surface area contributed by atoms with Crippen LogP contribution in [0.4, 0.5) is 10.1 Å². The van der Waals surface area contributed by atoms with Crippen molar-refractivity contribution in [1.29, 1.82) is 0 Å². The van der Waals surface area contributed by atoms with Gasteiger partial charge in [0, 0.05) is 12.1 Å². The van der Waals surface area contributed by atoms with E-state index in [1.165, 1.54) is 6.07 Å². The van der Waals surface area contributed by atoms with Crippen molar-refractivity contribution in [3.8, 4) is 0 Å². The van der Waals surface area contributed by atoms with Gasteiger partial charge in [0.2, 0.25) is 5.89 Å². The normalized spacial score (nSPS) is 12.4. The first-order chi connectivity index (χ1) is 9.60. The lowest BCUT2D eigenvalue weighted by molar-refractivity contribution is 0.362. The van der Waals surface area contributed by atoms with Crippen LogP contribution >= 0.6 is 0 Å². The van der Waals surface area contributed by atoms with E-state index < -0.39 is 0 Å². The highest BCUT2D eigenvalue weighted by Gasteiger charge is 2.14. The number of halogens is 1. The van der Waals surface area contributed by atoms with Crippen molar-refractivity contribution in [2.75, 3.05) is 5.32 Å². The molecule has 2 aromatic rings. The molecule has 2 rings (SSSR count). The average Bonchev–Trinajstić information content (AvgIpc) is 2.89. The Morgan fingerprint density at radius 1 is 1.40 bits per heavy atom. The van der Waals surface area contributed by atoms with Gasteiger partial charge in [-0.1, -0.05) is 24.6 Å². The predicted molar refractivity (Wildman–Crippen MR) is 76.1 cm³/mol. The average molecular weight is 277 g/mol. The summed E-state index contributed by atoms with van der Waals surface area (Å²) < 4.78 is 18.7. The van der Waals surface area contributed by atoms with E-state index in [0.29, 0.717) is 17.1 Å². The van der Waals surface area contributed by atoms with Crippen molar-refractivity contribution in [2.24, 2.45) is 0 Å². The molecular formula is C15H20FN3O. The lowest BCUT2D eigenvalue weighted by Crippen LogP contribution is -2.07. The summed E-state index contributed by atoms with van der Waals surface area (Å²) in [4.78, 5) is 4.35. The molecule has 108 valence electrons. The van der Waals surface area contributed by atoms with E-state index in [1.54, 1.807) is 13.0 Å². The predicted octanol–water partition coefficient (Wildman–Crippen LogP) is 4.03. The van der Waals surface area contributed by atoms with Crippen molar-refractivity contribution in [3.05, 3.63) is 41.3 Å². The highest BCUT2D eigenvalue weighted by molar-refractivity contribution is 5.46. The Morgan fingerprint density at radius 3 is 2.90 bits per heavy atom. The molecule has 1 atom stereocenters. The smallest absolute Gasteiger partial charge is 0.248 e. The summed E-state index contributed by atoms with van der Waals surface area (Å²) in [6.07, 6.45) is 2.97. The number of nitrogens with one attached hydrogen (secondary N) is 1. The quantitative estimate of drug-likeness (QED) is 0.866. The molecule has 0 aliphatic rings. The first kappa shape index (κ1) is 14.5. The van der Waals surface area contributed by atoms with Crippen LogP contribution in [0.25, 0.3) is 0 Å². The highest BCUT2D eigenvalue weighted by Crippen LogP contribution is 2.20. The third-order valence-electron chi connectivity index (χ3n) is 3.16. The maximum atomic E-state index is 13.5. The van der Waals surface area contributed by atoms with Gasteiger partial charge in [-0.3, -0.25) is 0 Å². The molecule has 20 heavy (non-hydrogen) atoms. The molecule has 0 bridgehead atoms. The van der Waals surface area contributed by atoms with Gasteiger partial charge in [0.15, 0.2) is 5.82 Å². The fourth-order valence-electron chi connectivity index (χ4n) is 1.87. The maximum Gasteiger partial charge on any atom is 0.248 e. The van der Waals surface area contributed by atoms with E-state index in [9.17, 15) is 4.39 Å². The van der Waals surface area contributed by atoms with Crippen molar-refractivity contribution in [1.82, 2.24) is 10.1 Å². The molecule has 1 N–H and O–H groups in total. The van der Waals surface area contributed by atoms with E-state index in [-0.39, 0.29) is 11.9 Å². The van der Waals surface area contributed by atoms with Crippen molar-refractivity contribution < 1.29 is 8.91 Å². The second-order valence-corrected chi connectivity index (χ2v) is 4.98. The van der Waals surface area contributed by atoms with Crippen LogP contribution in [0.15, 0.2) is 22.7 Å². The van der Waals surface area contributed by atoms with Gasteiger partial charge in [0.25, 0.3) is 0 Å². The number of benzene rings is 1. The first-order valence-corrected chi connectivity index (χ1v) is 6.95. The minimum absolute atomic E-state index is 0.153. The van der Waals surface area contributed by atoms with E-state index in [1.807, 2.05) is 13.0 Å². The molecule has 1 unspecified atom stereocenters.